The number of aromatic amines is 1. The second-order valence-corrected chi connectivity index (χ2v) is 4.20. The lowest BCUT2D eigenvalue weighted by atomic mass is 10.2. The molecule has 6 heteroatoms. The molecule has 3 rings (SSSR count). The Morgan fingerprint density at radius 1 is 1.32 bits per heavy atom. The Balaban J connectivity index is 1.87. The molecule has 0 atom stereocenters. The third kappa shape index (κ3) is 2.37. The van der Waals surface area contributed by atoms with Crippen molar-refractivity contribution in [3.05, 3.63) is 47.9 Å². The summed E-state index contributed by atoms with van der Waals surface area (Å²) >= 11 is 0. The largest absolute Gasteiger partial charge is 0.365 e. The molecule has 0 fully saturated rings. The van der Waals surface area contributed by atoms with Crippen molar-refractivity contribution < 1.29 is 4.39 Å². The maximum Gasteiger partial charge on any atom is 0.213 e. The predicted octanol–water partition coefficient (Wildman–Crippen LogP) is 2.41. The van der Waals surface area contributed by atoms with Gasteiger partial charge in [0, 0.05) is 18.9 Å². The Bertz CT molecular complexity index is 722. The van der Waals surface area contributed by atoms with Crippen LogP contribution in [0.2, 0.25) is 0 Å². The highest BCUT2D eigenvalue weighted by Crippen LogP contribution is 2.19. The highest BCUT2D eigenvalue weighted by Gasteiger charge is 2.06. The SMILES string of the molecule is Cc1nc(NCc2ccnc(F)c2)c2cc[nH]c2n1. The van der Waals surface area contributed by atoms with Crippen LogP contribution in [-0.4, -0.2) is 19.9 Å². The number of hydrogen-bond acceptors (Lipinski definition) is 4. The first kappa shape index (κ1) is 11.6. The molecule has 3 heterocycles. The molecule has 0 saturated heterocycles. The Morgan fingerprint density at radius 3 is 3.05 bits per heavy atom. The van der Waals surface area contributed by atoms with E-state index in [1.54, 1.807) is 6.07 Å². The van der Waals surface area contributed by atoms with Crippen molar-refractivity contribution in [3.8, 4) is 0 Å². The first-order valence-corrected chi connectivity index (χ1v) is 5.88. The van der Waals surface area contributed by atoms with Gasteiger partial charge in [0.25, 0.3) is 0 Å². The number of anilines is 1. The fourth-order valence-electron chi connectivity index (χ4n) is 1.93. The van der Waals surface area contributed by atoms with E-state index in [0.717, 1.165) is 22.4 Å². The molecule has 96 valence electrons. The smallest absolute Gasteiger partial charge is 0.213 e. The van der Waals surface area contributed by atoms with Crippen LogP contribution in [0.15, 0.2) is 30.6 Å². The lowest BCUT2D eigenvalue weighted by Crippen LogP contribution is -2.04. The second-order valence-electron chi connectivity index (χ2n) is 4.20. The predicted molar refractivity (Wildman–Crippen MR) is 70.1 cm³/mol. The summed E-state index contributed by atoms with van der Waals surface area (Å²) in [5.74, 6) is 0.935. The summed E-state index contributed by atoms with van der Waals surface area (Å²) in [5.41, 5.74) is 1.60. The van der Waals surface area contributed by atoms with Gasteiger partial charge in [0.2, 0.25) is 5.95 Å². The van der Waals surface area contributed by atoms with Gasteiger partial charge in [-0.1, -0.05) is 0 Å². The number of H-pyrrole nitrogens is 1. The number of pyridine rings is 1. The molecule has 2 N–H and O–H groups in total. The Kier molecular flexibility index (Phi) is 2.83. The molecule has 5 nitrogen and oxygen atoms in total. The first-order chi connectivity index (χ1) is 9.22. The zero-order chi connectivity index (χ0) is 13.2. The van der Waals surface area contributed by atoms with Gasteiger partial charge in [-0.05, 0) is 30.7 Å². The zero-order valence-electron chi connectivity index (χ0n) is 10.3. The minimum absolute atomic E-state index is 0.482. The van der Waals surface area contributed by atoms with E-state index >= 15 is 0 Å². The zero-order valence-corrected chi connectivity index (χ0v) is 10.3. The van der Waals surface area contributed by atoms with Gasteiger partial charge in [-0.15, -0.1) is 0 Å². The summed E-state index contributed by atoms with van der Waals surface area (Å²) in [7, 11) is 0. The van der Waals surface area contributed by atoms with Crippen molar-refractivity contribution in [2.24, 2.45) is 0 Å². The topological polar surface area (TPSA) is 66.5 Å². The normalized spacial score (nSPS) is 10.8. The van der Waals surface area contributed by atoms with E-state index in [0.29, 0.717) is 12.4 Å². The third-order valence-electron chi connectivity index (χ3n) is 2.78. The summed E-state index contributed by atoms with van der Waals surface area (Å²) in [5, 5.41) is 4.11. The molecule has 0 spiro atoms. The van der Waals surface area contributed by atoms with E-state index in [1.165, 1.54) is 12.3 Å². The number of fused-ring (bicyclic) bond motifs is 1. The Labute approximate surface area is 108 Å². The minimum atomic E-state index is -0.482. The fourth-order valence-corrected chi connectivity index (χ4v) is 1.93. The lowest BCUT2D eigenvalue weighted by Gasteiger charge is -2.07. The van der Waals surface area contributed by atoms with Crippen LogP contribution in [-0.2, 0) is 6.54 Å². The molecule has 3 aromatic rings. The Hall–Kier alpha value is -2.50. The summed E-state index contributed by atoms with van der Waals surface area (Å²) in [6, 6.07) is 5.07. The monoisotopic (exact) mass is 257 g/mol. The second kappa shape index (κ2) is 4.64. The minimum Gasteiger partial charge on any atom is -0.365 e. The summed E-state index contributed by atoms with van der Waals surface area (Å²) in [6.07, 6.45) is 3.26. The number of nitrogens with zero attached hydrogens (tertiary/aromatic N) is 3. The van der Waals surface area contributed by atoms with E-state index in [2.05, 4.69) is 25.3 Å². The van der Waals surface area contributed by atoms with Gasteiger partial charge in [-0.3, -0.25) is 0 Å². The van der Waals surface area contributed by atoms with Gasteiger partial charge in [-0.25, -0.2) is 15.0 Å². The van der Waals surface area contributed by atoms with Gasteiger partial charge in [0.15, 0.2) is 0 Å². The van der Waals surface area contributed by atoms with Gasteiger partial charge in [-0.2, -0.15) is 4.39 Å². The molecule has 0 aromatic carbocycles. The lowest BCUT2D eigenvalue weighted by molar-refractivity contribution is 0.581. The van der Waals surface area contributed by atoms with Crippen LogP contribution in [0.4, 0.5) is 10.2 Å². The average molecular weight is 257 g/mol. The van der Waals surface area contributed by atoms with E-state index < -0.39 is 5.95 Å². The van der Waals surface area contributed by atoms with Crippen molar-refractivity contribution in [1.29, 1.82) is 0 Å². The van der Waals surface area contributed by atoms with Gasteiger partial charge >= 0.3 is 0 Å². The summed E-state index contributed by atoms with van der Waals surface area (Å²) < 4.78 is 13.0. The molecule has 0 unspecified atom stereocenters. The van der Waals surface area contributed by atoms with Gasteiger partial charge in [0.05, 0.1) is 5.39 Å². The van der Waals surface area contributed by atoms with E-state index in [1.807, 2.05) is 19.2 Å². The molecular formula is C13H12FN5. The maximum absolute atomic E-state index is 13.0. The van der Waals surface area contributed by atoms with Gasteiger partial charge < -0.3 is 10.3 Å². The van der Waals surface area contributed by atoms with Crippen LogP contribution in [0, 0.1) is 12.9 Å². The highest BCUT2D eigenvalue weighted by atomic mass is 19.1. The standard InChI is InChI=1S/C13H12FN5/c1-8-18-12-10(3-5-16-12)13(19-8)17-7-9-2-4-15-11(14)6-9/h2-6H,7H2,1H3,(H2,16,17,18,19). The van der Waals surface area contributed by atoms with Crippen molar-refractivity contribution in [2.75, 3.05) is 5.32 Å². The van der Waals surface area contributed by atoms with Crippen molar-refractivity contribution in [2.45, 2.75) is 13.5 Å². The van der Waals surface area contributed by atoms with Crippen LogP contribution in [0.3, 0.4) is 0 Å². The number of aryl methyl sites for hydroxylation is 1. The van der Waals surface area contributed by atoms with E-state index in [4.69, 9.17) is 0 Å². The van der Waals surface area contributed by atoms with Crippen molar-refractivity contribution in [1.82, 2.24) is 19.9 Å². The van der Waals surface area contributed by atoms with E-state index in [9.17, 15) is 4.39 Å². The Morgan fingerprint density at radius 2 is 2.21 bits per heavy atom. The first-order valence-electron chi connectivity index (χ1n) is 5.88. The summed E-state index contributed by atoms with van der Waals surface area (Å²) in [4.78, 5) is 15.2. The van der Waals surface area contributed by atoms with Crippen LogP contribution in [0.5, 0.6) is 0 Å². The van der Waals surface area contributed by atoms with Crippen LogP contribution < -0.4 is 5.32 Å². The molecule has 0 aliphatic rings. The molecule has 19 heavy (non-hydrogen) atoms. The van der Waals surface area contributed by atoms with Crippen LogP contribution >= 0.6 is 0 Å². The van der Waals surface area contributed by atoms with Crippen LogP contribution in [0.1, 0.15) is 11.4 Å². The quantitative estimate of drug-likeness (QED) is 0.707. The van der Waals surface area contributed by atoms with Crippen LogP contribution in [0.25, 0.3) is 11.0 Å². The van der Waals surface area contributed by atoms with Gasteiger partial charge in [0.1, 0.15) is 17.3 Å². The maximum atomic E-state index is 13.0. The third-order valence-corrected chi connectivity index (χ3v) is 2.78. The van der Waals surface area contributed by atoms with Crippen molar-refractivity contribution >= 4 is 16.9 Å². The number of nitrogens with one attached hydrogen (secondary N) is 2. The van der Waals surface area contributed by atoms with E-state index in [-0.39, 0.29) is 0 Å². The molecule has 3 aromatic heterocycles. The highest BCUT2D eigenvalue weighted by molar-refractivity contribution is 5.86. The number of halogens is 1. The molecule has 0 saturated carbocycles. The van der Waals surface area contributed by atoms with Crippen molar-refractivity contribution in [3.63, 3.8) is 0 Å². The molecule has 0 bridgehead atoms. The number of hydrogen-bond donors (Lipinski definition) is 2. The number of aromatic nitrogens is 4. The summed E-state index contributed by atoms with van der Waals surface area (Å²) in [6.45, 7) is 2.31. The molecule has 0 aliphatic carbocycles. The molecular weight excluding hydrogens is 245 g/mol. The fraction of sp³-hybridized carbons (Fsp3) is 0.154. The number of rotatable bonds is 3. The molecule has 0 aliphatic heterocycles. The molecule has 0 radical (unpaired) electrons. The average Bonchev–Trinajstić information content (AvgIpc) is 2.84. The molecule has 0 amide bonds.